The highest BCUT2D eigenvalue weighted by Crippen LogP contribution is 2.31. The molecule has 2 N–H and O–H groups in total. The Morgan fingerprint density at radius 2 is 2.15 bits per heavy atom. The van der Waals surface area contributed by atoms with E-state index in [9.17, 15) is 8.78 Å². The summed E-state index contributed by atoms with van der Waals surface area (Å²) >= 11 is 0. The first-order valence-corrected chi connectivity index (χ1v) is 7.07. The fourth-order valence-corrected chi connectivity index (χ4v) is 2.89. The highest BCUT2D eigenvalue weighted by Gasteiger charge is 2.30. The van der Waals surface area contributed by atoms with Crippen LogP contribution in [0.15, 0.2) is 18.2 Å². The third-order valence-corrected chi connectivity index (χ3v) is 3.89. The summed E-state index contributed by atoms with van der Waals surface area (Å²) in [5, 5.41) is 0. The number of rotatable bonds is 4. The Bertz CT molecular complexity index is 442. The van der Waals surface area contributed by atoms with Crippen LogP contribution in [0, 0.1) is 11.6 Å². The van der Waals surface area contributed by atoms with Gasteiger partial charge < -0.3 is 10.5 Å². The molecule has 112 valence electrons. The zero-order chi connectivity index (χ0) is 14.5. The molecule has 0 saturated carbocycles. The first kappa shape index (κ1) is 15.4. The van der Waals surface area contributed by atoms with Crippen LogP contribution < -0.4 is 5.73 Å². The van der Waals surface area contributed by atoms with Crippen LogP contribution in [0.3, 0.4) is 0 Å². The zero-order valence-electron chi connectivity index (χ0n) is 11.8. The summed E-state index contributed by atoms with van der Waals surface area (Å²) in [7, 11) is 1.63. The summed E-state index contributed by atoms with van der Waals surface area (Å²) in [4.78, 5) is 2.11. The lowest BCUT2D eigenvalue weighted by Gasteiger charge is -2.33. The van der Waals surface area contributed by atoms with Crippen molar-refractivity contribution >= 4 is 0 Å². The van der Waals surface area contributed by atoms with E-state index in [0.717, 1.165) is 31.9 Å². The number of methoxy groups -OCH3 is 1. The summed E-state index contributed by atoms with van der Waals surface area (Å²) in [5.74, 6) is -0.819. The molecule has 1 saturated heterocycles. The number of hydrogen-bond donors (Lipinski definition) is 1. The van der Waals surface area contributed by atoms with Gasteiger partial charge in [-0.05, 0) is 37.6 Å². The van der Waals surface area contributed by atoms with Crippen molar-refractivity contribution in [2.24, 2.45) is 5.73 Å². The lowest BCUT2D eigenvalue weighted by molar-refractivity contribution is 0.113. The minimum atomic E-state index is -0.426. The normalized spacial score (nSPS) is 24.6. The maximum Gasteiger partial charge on any atom is 0.128 e. The largest absolute Gasteiger partial charge is 0.383 e. The van der Waals surface area contributed by atoms with Gasteiger partial charge in [0.1, 0.15) is 11.6 Å². The van der Waals surface area contributed by atoms with Crippen LogP contribution in [-0.4, -0.2) is 37.7 Å². The molecule has 0 amide bonds. The van der Waals surface area contributed by atoms with Gasteiger partial charge in [-0.25, -0.2) is 8.78 Å². The average Bonchev–Trinajstić information content (AvgIpc) is 2.61. The van der Waals surface area contributed by atoms with Gasteiger partial charge in [-0.2, -0.15) is 0 Å². The summed E-state index contributed by atoms with van der Waals surface area (Å²) in [5.41, 5.74) is 6.58. The Kier molecular flexibility index (Phi) is 5.46. The Morgan fingerprint density at radius 1 is 1.35 bits per heavy atom. The maximum absolute atomic E-state index is 14.1. The molecule has 5 heteroatoms. The molecule has 1 aliphatic rings. The van der Waals surface area contributed by atoms with E-state index in [4.69, 9.17) is 10.5 Å². The van der Waals surface area contributed by atoms with E-state index in [2.05, 4.69) is 4.90 Å². The lowest BCUT2D eigenvalue weighted by atomic mass is 9.95. The number of hydrogen-bond acceptors (Lipinski definition) is 3. The summed E-state index contributed by atoms with van der Waals surface area (Å²) < 4.78 is 32.6. The average molecular weight is 284 g/mol. The molecule has 0 aliphatic carbocycles. The molecule has 0 bridgehead atoms. The maximum atomic E-state index is 14.1. The number of nitrogens with two attached hydrogens (primary N) is 1. The highest BCUT2D eigenvalue weighted by molar-refractivity contribution is 5.24. The van der Waals surface area contributed by atoms with E-state index in [-0.39, 0.29) is 12.1 Å². The number of ether oxygens (including phenoxy) is 1. The zero-order valence-corrected chi connectivity index (χ0v) is 11.8. The Labute approximate surface area is 118 Å². The molecule has 0 aromatic heterocycles. The lowest BCUT2D eigenvalue weighted by Crippen LogP contribution is -2.41. The van der Waals surface area contributed by atoms with Crippen LogP contribution in [0.5, 0.6) is 0 Å². The van der Waals surface area contributed by atoms with Crippen molar-refractivity contribution in [2.75, 3.05) is 26.8 Å². The first-order valence-electron chi connectivity index (χ1n) is 7.07. The van der Waals surface area contributed by atoms with Crippen molar-refractivity contribution in [1.82, 2.24) is 4.90 Å². The second-order valence-corrected chi connectivity index (χ2v) is 5.30. The van der Waals surface area contributed by atoms with E-state index in [0.29, 0.717) is 18.7 Å². The van der Waals surface area contributed by atoms with E-state index < -0.39 is 11.6 Å². The van der Waals surface area contributed by atoms with Gasteiger partial charge in [-0.1, -0.05) is 6.42 Å². The van der Waals surface area contributed by atoms with E-state index >= 15 is 0 Å². The molecule has 1 aromatic carbocycles. The van der Waals surface area contributed by atoms with Gasteiger partial charge in [0.25, 0.3) is 0 Å². The Balaban J connectivity index is 2.31. The monoisotopic (exact) mass is 284 g/mol. The number of likely N-dealkylation sites (tertiary alicyclic amines) is 1. The molecule has 2 atom stereocenters. The molecule has 20 heavy (non-hydrogen) atoms. The standard InChI is InChI=1S/C15H22F2N2O/c1-20-9-8-19-7-3-2-4-14(18)15(19)12-10-11(16)5-6-13(12)17/h5-6,10,14-15H,2-4,7-9,18H2,1H3. The molecule has 3 nitrogen and oxygen atoms in total. The molecule has 1 aliphatic heterocycles. The molecule has 1 heterocycles. The van der Waals surface area contributed by atoms with E-state index in [1.807, 2.05) is 0 Å². The van der Waals surface area contributed by atoms with Gasteiger partial charge in [0.05, 0.1) is 12.6 Å². The predicted octanol–water partition coefficient (Wildman–Crippen LogP) is 2.47. The quantitative estimate of drug-likeness (QED) is 0.923. The second kappa shape index (κ2) is 7.11. The van der Waals surface area contributed by atoms with E-state index in [1.54, 1.807) is 7.11 Å². The van der Waals surface area contributed by atoms with Gasteiger partial charge >= 0.3 is 0 Å². The highest BCUT2D eigenvalue weighted by atomic mass is 19.1. The summed E-state index contributed by atoms with van der Waals surface area (Å²) in [6, 6.07) is 3.11. The smallest absolute Gasteiger partial charge is 0.128 e. The summed E-state index contributed by atoms with van der Waals surface area (Å²) in [6.07, 6.45) is 2.85. The number of benzene rings is 1. The molecular formula is C15H22F2N2O. The van der Waals surface area contributed by atoms with E-state index in [1.165, 1.54) is 12.1 Å². The van der Waals surface area contributed by atoms with Crippen LogP contribution in [0.2, 0.25) is 0 Å². The number of halogens is 2. The molecule has 1 fully saturated rings. The first-order chi connectivity index (χ1) is 9.63. The van der Waals surface area contributed by atoms with Crippen molar-refractivity contribution in [2.45, 2.75) is 31.3 Å². The van der Waals surface area contributed by atoms with Gasteiger partial charge in [0, 0.05) is 25.3 Å². The molecule has 0 spiro atoms. The van der Waals surface area contributed by atoms with Gasteiger partial charge in [-0.15, -0.1) is 0 Å². The summed E-state index contributed by atoms with van der Waals surface area (Å²) in [6.45, 7) is 2.06. The van der Waals surface area contributed by atoms with Crippen LogP contribution >= 0.6 is 0 Å². The number of nitrogens with zero attached hydrogens (tertiary/aromatic N) is 1. The van der Waals surface area contributed by atoms with Crippen LogP contribution in [0.25, 0.3) is 0 Å². The minimum Gasteiger partial charge on any atom is -0.383 e. The second-order valence-electron chi connectivity index (χ2n) is 5.30. The van der Waals surface area contributed by atoms with Crippen molar-refractivity contribution in [3.8, 4) is 0 Å². The van der Waals surface area contributed by atoms with Crippen molar-refractivity contribution < 1.29 is 13.5 Å². The van der Waals surface area contributed by atoms with Crippen molar-refractivity contribution in [1.29, 1.82) is 0 Å². The molecule has 0 radical (unpaired) electrons. The van der Waals surface area contributed by atoms with Crippen LogP contribution in [-0.2, 0) is 4.74 Å². The third kappa shape index (κ3) is 3.53. The SMILES string of the molecule is COCCN1CCCCC(N)C1c1cc(F)ccc1F. The van der Waals surface area contributed by atoms with Crippen molar-refractivity contribution in [3.05, 3.63) is 35.4 Å². The molecular weight excluding hydrogens is 262 g/mol. The van der Waals surface area contributed by atoms with Gasteiger partial charge in [0.15, 0.2) is 0 Å². The van der Waals surface area contributed by atoms with Crippen LogP contribution in [0.4, 0.5) is 8.78 Å². The Morgan fingerprint density at radius 3 is 2.90 bits per heavy atom. The topological polar surface area (TPSA) is 38.5 Å². The molecule has 1 aromatic rings. The van der Waals surface area contributed by atoms with Gasteiger partial charge in [-0.3, -0.25) is 4.90 Å². The minimum absolute atomic E-state index is 0.189. The Hall–Kier alpha value is -1.04. The van der Waals surface area contributed by atoms with Crippen LogP contribution in [0.1, 0.15) is 30.9 Å². The van der Waals surface area contributed by atoms with Gasteiger partial charge in [0.2, 0.25) is 0 Å². The fraction of sp³-hybridized carbons (Fsp3) is 0.600. The van der Waals surface area contributed by atoms with Crippen molar-refractivity contribution in [3.63, 3.8) is 0 Å². The third-order valence-electron chi connectivity index (χ3n) is 3.89. The predicted molar refractivity (Wildman–Crippen MR) is 74.4 cm³/mol. The molecule has 2 rings (SSSR count). The fourth-order valence-electron chi connectivity index (χ4n) is 2.89. The molecule has 2 unspecified atom stereocenters.